The van der Waals surface area contributed by atoms with Crippen LogP contribution in [0.15, 0.2) is 16.7 Å². The second-order valence-electron chi connectivity index (χ2n) is 5.18. The number of benzene rings is 1. The van der Waals surface area contributed by atoms with E-state index in [9.17, 15) is 18.3 Å². The summed E-state index contributed by atoms with van der Waals surface area (Å²) < 4.78 is 44.2. The third kappa shape index (κ3) is 3.63. The van der Waals surface area contributed by atoms with E-state index >= 15 is 0 Å². The van der Waals surface area contributed by atoms with E-state index in [1.165, 1.54) is 0 Å². The largest absolute Gasteiger partial charge is 0.395 e. The fourth-order valence-corrected chi connectivity index (χ4v) is 1.86. The van der Waals surface area contributed by atoms with E-state index in [1.807, 2.05) is 13.8 Å². The summed E-state index contributed by atoms with van der Waals surface area (Å²) in [6.45, 7) is 4.03. The van der Waals surface area contributed by atoms with Crippen LogP contribution in [0.5, 0.6) is 0 Å². The molecule has 2 N–H and O–H groups in total. The Morgan fingerprint density at radius 1 is 1.23 bits per heavy atom. The van der Waals surface area contributed by atoms with E-state index in [0.717, 1.165) is 12.1 Å². The Bertz CT molecular complexity index is 623. The molecule has 0 aliphatic heterocycles. The monoisotopic (exact) mass is 315 g/mol. The Labute approximate surface area is 125 Å². The molecule has 0 fully saturated rings. The van der Waals surface area contributed by atoms with Crippen LogP contribution in [0.3, 0.4) is 0 Å². The average Bonchev–Trinajstić information content (AvgIpc) is 2.93. The van der Waals surface area contributed by atoms with Gasteiger partial charge in [-0.25, -0.2) is 13.2 Å². The Morgan fingerprint density at radius 2 is 1.86 bits per heavy atom. The zero-order chi connectivity index (χ0) is 16.3. The van der Waals surface area contributed by atoms with Gasteiger partial charge < -0.3 is 14.9 Å². The molecule has 2 aromatic rings. The minimum Gasteiger partial charge on any atom is -0.395 e. The van der Waals surface area contributed by atoms with Gasteiger partial charge in [-0.2, -0.15) is 4.98 Å². The van der Waals surface area contributed by atoms with Crippen LogP contribution in [0.1, 0.15) is 19.7 Å². The van der Waals surface area contributed by atoms with Gasteiger partial charge in [0.25, 0.3) is 0 Å². The highest BCUT2D eigenvalue weighted by molar-refractivity contribution is 5.54. The molecule has 0 saturated heterocycles. The van der Waals surface area contributed by atoms with E-state index in [0.29, 0.717) is 0 Å². The summed E-state index contributed by atoms with van der Waals surface area (Å²) in [5.74, 6) is -3.83. The fraction of sp³-hybridized carbons (Fsp3) is 0.429. The highest BCUT2D eigenvalue weighted by Gasteiger charge is 2.17. The van der Waals surface area contributed by atoms with Gasteiger partial charge in [0.2, 0.25) is 11.7 Å². The highest BCUT2D eigenvalue weighted by Crippen LogP contribution is 2.21. The van der Waals surface area contributed by atoms with Crippen molar-refractivity contribution in [2.24, 2.45) is 5.92 Å². The van der Waals surface area contributed by atoms with E-state index < -0.39 is 17.5 Å². The van der Waals surface area contributed by atoms with Crippen molar-refractivity contribution in [1.29, 1.82) is 0 Å². The number of rotatable bonds is 6. The normalized spacial score (nSPS) is 12.9. The van der Waals surface area contributed by atoms with Gasteiger partial charge >= 0.3 is 0 Å². The second kappa shape index (κ2) is 6.89. The molecule has 0 aliphatic rings. The number of hydrogen-bond donors (Lipinski definition) is 2. The Balaban J connectivity index is 2.12. The van der Waals surface area contributed by atoms with Gasteiger partial charge in [0.1, 0.15) is 0 Å². The molecule has 1 aromatic heterocycles. The molecule has 0 radical (unpaired) electrons. The zero-order valence-electron chi connectivity index (χ0n) is 12.1. The van der Waals surface area contributed by atoms with Gasteiger partial charge in [-0.15, -0.1) is 0 Å². The summed E-state index contributed by atoms with van der Waals surface area (Å²) in [4.78, 5) is 3.98. The standard InChI is InChI=1S/C14H16F3N3O2/c1-7(2)11(6-21)18-5-12-19-14(20-22-12)8-3-9(15)13(17)10(16)4-8/h3-4,7,11,18,21H,5-6H2,1-2H3/t11-/m1/s1. The molecule has 8 heteroatoms. The van der Waals surface area contributed by atoms with Crippen molar-refractivity contribution >= 4 is 0 Å². The predicted octanol–water partition coefficient (Wildman–Crippen LogP) is 2.26. The Hall–Kier alpha value is -1.93. The molecule has 2 rings (SSSR count). The van der Waals surface area contributed by atoms with Gasteiger partial charge in [-0.05, 0) is 18.1 Å². The number of halogens is 3. The van der Waals surface area contributed by atoms with E-state index in [2.05, 4.69) is 15.5 Å². The molecule has 1 heterocycles. The average molecular weight is 315 g/mol. The van der Waals surface area contributed by atoms with Crippen molar-refractivity contribution in [3.8, 4) is 11.4 Å². The number of aliphatic hydroxyl groups is 1. The fourth-order valence-electron chi connectivity index (χ4n) is 1.86. The number of aromatic nitrogens is 2. The summed E-state index contributed by atoms with van der Waals surface area (Å²) in [6, 6.07) is 1.45. The summed E-state index contributed by atoms with van der Waals surface area (Å²) in [5, 5.41) is 15.8. The van der Waals surface area contributed by atoms with Gasteiger partial charge in [0.05, 0.1) is 13.2 Å². The minimum absolute atomic E-state index is 0.0195. The van der Waals surface area contributed by atoms with Crippen molar-refractivity contribution in [1.82, 2.24) is 15.5 Å². The first-order valence-electron chi connectivity index (χ1n) is 6.74. The molecule has 0 spiro atoms. The molecule has 0 unspecified atom stereocenters. The van der Waals surface area contributed by atoms with Crippen LogP contribution in [-0.4, -0.2) is 27.9 Å². The van der Waals surface area contributed by atoms with Gasteiger partial charge in [0.15, 0.2) is 17.5 Å². The molecular weight excluding hydrogens is 299 g/mol. The Morgan fingerprint density at radius 3 is 2.41 bits per heavy atom. The predicted molar refractivity (Wildman–Crippen MR) is 72.2 cm³/mol. The summed E-state index contributed by atoms with van der Waals surface area (Å²) in [6.07, 6.45) is 0. The van der Waals surface area contributed by atoms with Crippen molar-refractivity contribution in [3.63, 3.8) is 0 Å². The van der Waals surface area contributed by atoms with Crippen LogP contribution < -0.4 is 5.32 Å². The number of nitrogens with zero attached hydrogens (tertiary/aromatic N) is 2. The van der Waals surface area contributed by atoms with E-state index in [-0.39, 0.29) is 42.4 Å². The first-order valence-corrected chi connectivity index (χ1v) is 6.74. The molecule has 22 heavy (non-hydrogen) atoms. The second-order valence-corrected chi connectivity index (χ2v) is 5.18. The first kappa shape index (κ1) is 16.4. The van der Waals surface area contributed by atoms with Crippen LogP contribution in [0.4, 0.5) is 13.2 Å². The lowest BCUT2D eigenvalue weighted by Gasteiger charge is -2.18. The lowest BCUT2D eigenvalue weighted by Crippen LogP contribution is -2.36. The van der Waals surface area contributed by atoms with Gasteiger partial charge in [-0.3, -0.25) is 0 Å². The van der Waals surface area contributed by atoms with Crippen LogP contribution >= 0.6 is 0 Å². The molecule has 1 aromatic carbocycles. The van der Waals surface area contributed by atoms with E-state index in [4.69, 9.17) is 4.52 Å². The molecule has 1 atom stereocenters. The molecular formula is C14H16F3N3O2. The number of hydrogen-bond acceptors (Lipinski definition) is 5. The zero-order valence-corrected chi connectivity index (χ0v) is 12.1. The highest BCUT2D eigenvalue weighted by atomic mass is 19.2. The molecule has 0 aliphatic carbocycles. The van der Waals surface area contributed by atoms with Crippen molar-refractivity contribution in [2.75, 3.05) is 6.61 Å². The first-order chi connectivity index (χ1) is 10.4. The SMILES string of the molecule is CC(C)[C@@H](CO)NCc1nc(-c2cc(F)c(F)c(F)c2)no1. The molecule has 120 valence electrons. The van der Waals surface area contributed by atoms with Gasteiger partial charge in [0, 0.05) is 11.6 Å². The van der Waals surface area contributed by atoms with Crippen LogP contribution in [0.25, 0.3) is 11.4 Å². The summed E-state index contributed by atoms with van der Waals surface area (Å²) in [7, 11) is 0. The Kier molecular flexibility index (Phi) is 5.15. The maximum atomic E-state index is 13.2. The van der Waals surface area contributed by atoms with Crippen molar-refractivity contribution < 1.29 is 22.8 Å². The topological polar surface area (TPSA) is 71.2 Å². The maximum Gasteiger partial charge on any atom is 0.240 e. The van der Waals surface area contributed by atoms with E-state index in [1.54, 1.807) is 0 Å². The van der Waals surface area contributed by atoms with Gasteiger partial charge in [-0.1, -0.05) is 19.0 Å². The number of aliphatic hydroxyl groups excluding tert-OH is 1. The van der Waals surface area contributed by atoms with Crippen molar-refractivity contribution in [3.05, 3.63) is 35.5 Å². The minimum atomic E-state index is -1.54. The third-order valence-corrected chi connectivity index (χ3v) is 3.23. The lowest BCUT2D eigenvalue weighted by atomic mass is 10.1. The maximum absolute atomic E-state index is 13.2. The smallest absolute Gasteiger partial charge is 0.240 e. The van der Waals surface area contributed by atoms with Crippen molar-refractivity contribution in [2.45, 2.75) is 26.4 Å². The summed E-state index contributed by atoms with van der Waals surface area (Å²) in [5.41, 5.74) is -0.0195. The number of nitrogens with one attached hydrogen (secondary N) is 1. The molecule has 0 bridgehead atoms. The molecule has 0 amide bonds. The summed E-state index contributed by atoms with van der Waals surface area (Å²) >= 11 is 0. The quantitative estimate of drug-likeness (QED) is 0.800. The lowest BCUT2D eigenvalue weighted by molar-refractivity contribution is 0.205. The van der Waals surface area contributed by atoms with Crippen LogP contribution in [0.2, 0.25) is 0 Å². The van der Waals surface area contributed by atoms with Crippen LogP contribution in [0, 0.1) is 23.4 Å². The van der Waals surface area contributed by atoms with Crippen LogP contribution in [-0.2, 0) is 6.54 Å². The molecule has 5 nitrogen and oxygen atoms in total. The third-order valence-electron chi connectivity index (χ3n) is 3.23. The molecule has 0 saturated carbocycles.